The van der Waals surface area contributed by atoms with Gasteiger partial charge in [0.15, 0.2) is 11.5 Å². The molecular formula is C22H20N2O3. The molecule has 0 aliphatic heterocycles. The summed E-state index contributed by atoms with van der Waals surface area (Å²) in [5.74, 6) is -0.295. The fourth-order valence-electron chi connectivity index (χ4n) is 2.80. The van der Waals surface area contributed by atoms with Crippen molar-refractivity contribution < 1.29 is 14.6 Å². The van der Waals surface area contributed by atoms with Crippen LogP contribution in [0.4, 0.5) is 0 Å². The lowest BCUT2D eigenvalue weighted by Crippen LogP contribution is -2.26. The van der Waals surface area contributed by atoms with Gasteiger partial charge in [0.1, 0.15) is 0 Å². The van der Waals surface area contributed by atoms with Crippen molar-refractivity contribution in [2.75, 3.05) is 7.11 Å². The predicted molar refractivity (Wildman–Crippen MR) is 105 cm³/mol. The number of amides is 1. The van der Waals surface area contributed by atoms with Crippen LogP contribution in [-0.4, -0.2) is 24.3 Å². The normalized spacial score (nSPS) is 10.9. The van der Waals surface area contributed by atoms with E-state index in [1.165, 1.54) is 19.4 Å². The molecule has 0 bridgehead atoms. The number of hydrogen-bond donors (Lipinski definition) is 2. The Labute approximate surface area is 157 Å². The van der Waals surface area contributed by atoms with Crippen molar-refractivity contribution in [3.8, 4) is 11.5 Å². The highest BCUT2D eigenvalue weighted by molar-refractivity contribution is 5.88. The Morgan fingerprint density at radius 3 is 2.15 bits per heavy atom. The molecule has 0 aromatic heterocycles. The van der Waals surface area contributed by atoms with Gasteiger partial charge in [0.2, 0.25) is 0 Å². The minimum absolute atomic E-state index is 0.0481. The number of hydrogen-bond acceptors (Lipinski definition) is 4. The maximum absolute atomic E-state index is 12.8. The van der Waals surface area contributed by atoms with Crippen molar-refractivity contribution >= 4 is 12.1 Å². The SMILES string of the molecule is COc1cc(/C=N/NC(=O)C(c2ccccc2)c2ccccc2)ccc1O. The van der Waals surface area contributed by atoms with E-state index in [2.05, 4.69) is 10.5 Å². The van der Waals surface area contributed by atoms with Crippen LogP contribution < -0.4 is 10.2 Å². The molecular weight excluding hydrogens is 340 g/mol. The second-order valence-electron chi connectivity index (χ2n) is 5.92. The Morgan fingerprint density at radius 2 is 1.59 bits per heavy atom. The monoisotopic (exact) mass is 360 g/mol. The summed E-state index contributed by atoms with van der Waals surface area (Å²) < 4.78 is 5.07. The third kappa shape index (κ3) is 4.52. The molecule has 0 radical (unpaired) electrons. The fraction of sp³-hybridized carbons (Fsp3) is 0.0909. The maximum atomic E-state index is 12.8. The Bertz CT molecular complexity index is 885. The predicted octanol–water partition coefficient (Wildman–Crippen LogP) is 3.68. The van der Waals surface area contributed by atoms with E-state index in [9.17, 15) is 9.90 Å². The van der Waals surface area contributed by atoms with Crippen LogP contribution in [0.15, 0.2) is 84.0 Å². The molecule has 0 heterocycles. The molecule has 0 unspecified atom stereocenters. The second kappa shape index (κ2) is 8.67. The van der Waals surface area contributed by atoms with Gasteiger partial charge in [-0.25, -0.2) is 5.43 Å². The number of rotatable bonds is 6. The minimum atomic E-state index is -0.459. The van der Waals surface area contributed by atoms with Crippen LogP contribution >= 0.6 is 0 Å². The number of phenolic OH excluding ortho intramolecular Hbond substituents is 1. The first-order valence-corrected chi connectivity index (χ1v) is 8.49. The van der Waals surface area contributed by atoms with Gasteiger partial charge in [0, 0.05) is 0 Å². The van der Waals surface area contributed by atoms with Crippen molar-refractivity contribution in [1.82, 2.24) is 5.43 Å². The zero-order valence-corrected chi connectivity index (χ0v) is 14.9. The molecule has 0 fully saturated rings. The van der Waals surface area contributed by atoms with E-state index in [4.69, 9.17) is 4.74 Å². The molecule has 0 spiro atoms. The van der Waals surface area contributed by atoms with Crippen molar-refractivity contribution in [1.29, 1.82) is 0 Å². The second-order valence-corrected chi connectivity index (χ2v) is 5.92. The Balaban J connectivity index is 1.79. The zero-order valence-electron chi connectivity index (χ0n) is 14.9. The molecule has 0 aliphatic rings. The number of hydrazone groups is 1. The van der Waals surface area contributed by atoms with E-state index in [1.54, 1.807) is 12.1 Å². The molecule has 3 aromatic carbocycles. The summed E-state index contributed by atoms with van der Waals surface area (Å²) in [4.78, 5) is 12.8. The van der Waals surface area contributed by atoms with E-state index in [0.29, 0.717) is 11.3 Å². The van der Waals surface area contributed by atoms with Crippen molar-refractivity contribution in [3.05, 3.63) is 95.6 Å². The Hall–Kier alpha value is -3.60. The molecule has 3 aromatic rings. The summed E-state index contributed by atoms with van der Waals surface area (Å²) in [6, 6.07) is 24.0. The van der Waals surface area contributed by atoms with Crippen LogP contribution in [0.1, 0.15) is 22.6 Å². The molecule has 0 saturated heterocycles. The maximum Gasteiger partial charge on any atom is 0.252 e. The lowest BCUT2D eigenvalue weighted by molar-refractivity contribution is -0.121. The minimum Gasteiger partial charge on any atom is -0.504 e. The van der Waals surface area contributed by atoms with Gasteiger partial charge in [-0.15, -0.1) is 0 Å². The molecule has 3 rings (SSSR count). The number of nitrogens with one attached hydrogen (secondary N) is 1. The third-order valence-corrected chi connectivity index (χ3v) is 4.12. The van der Waals surface area contributed by atoms with Crippen LogP contribution in [0.2, 0.25) is 0 Å². The first-order valence-electron chi connectivity index (χ1n) is 8.49. The van der Waals surface area contributed by atoms with Crippen molar-refractivity contribution in [3.63, 3.8) is 0 Å². The quantitative estimate of drug-likeness (QED) is 0.520. The van der Waals surface area contributed by atoms with E-state index in [-0.39, 0.29) is 11.7 Å². The molecule has 0 aliphatic carbocycles. The molecule has 136 valence electrons. The summed E-state index contributed by atoms with van der Waals surface area (Å²) in [5, 5.41) is 13.7. The van der Waals surface area contributed by atoms with E-state index >= 15 is 0 Å². The summed E-state index contributed by atoms with van der Waals surface area (Å²) in [7, 11) is 1.47. The van der Waals surface area contributed by atoms with Gasteiger partial charge < -0.3 is 9.84 Å². The first kappa shape index (κ1) is 18.2. The number of benzene rings is 3. The van der Waals surface area contributed by atoms with Crippen LogP contribution in [-0.2, 0) is 4.79 Å². The molecule has 5 heteroatoms. The van der Waals surface area contributed by atoms with Crippen LogP contribution in [0, 0.1) is 0 Å². The molecule has 2 N–H and O–H groups in total. The highest BCUT2D eigenvalue weighted by Crippen LogP contribution is 2.26. The highest BCUT2D eigenvalue weighted by atomic mass is 16.5. The van der Waals surface area contributed by atoms with E-state index < -0.39 is 5.92 Å². The fourth-order valence-corrected chi connectivity index (χ4v) is 2.80. The van der Waals surface area contributed by atoms with E-state index in [0.717, 1.165) is 11.1 Å². The van der Waals surface area contributed by atoms with Gasteiger partial charge >= 0.3 is 0 Å². The number of ether oxygens (including phenoxy) is 1. The number of nitrogens with zero attached hydrogens (tertiary/aromatic N) is 1. The highest BCUT2D eigenvalue weighted by Gasteiger charge is 2.22. The van der Waals surface area contributed by atoms with Gasteiger partial charge in [-0.1, -0.05) is 60.7 Å². The first-order chi connectivity index (χ1) is 13.2. The van der Waals surface area contributed by atoms with Gasteiger partial charge in [-0.3, -0.25) is 4.79 Å². The average molecular weight is 360 g/mol. The Morgan fingerprint density at radius 1 is 1.00 bits per heavy atom. The van der Waals surface area contributed by atoms with E-state index in [1.807, 2.05) is 60.7 Å². The molecule has 0 atom stereocenters. The number of aromatic hydroxyl groups is 1. The van der Waals surface area contributed by atoms with Gasteiger partial charge in [0.05, 0.1) is 19.2 Å². The molecule has 5 nitrogen and oxygen atoms in total. The lowest BCUT2D eigenvalue weighted by atomic mass is 9.91. The summed E-state index contributed by atoms with van der Waals surface area (Å²) in [6.07, 6.45) is 1.51. The van der Waals surface area contributed by atoms with Gasteiger partial charge in [0.25, 0.3) is 5.91 Å². The average Bonchev–Trinajstić information content (AvgIpc) is 2.71. The van der Waals surface area contributed by atoms with Crippen LogP contribution in [0.3, 0.4) is 0 Å². The third-order valence-electron chi connectivity index (χ3n) is 4.12. The summed E-state index contributed by atoms with van der Waals surface area (Å²) in [6.45, 7) is 0. The smallest absolute Gasteiger partial charge is 0.252 e. The molecule has 27 heavy (non-hydrogen) atoms. The Kier molecular flexibility index (Phi) is 5.84. The van der Waals surface area contributed by atoms with Gasteiger partial charge in [-0.2, -0.15) is 5.10 Å². The number of carbonyl (C=O) groups excluding carboxylic acids is 1. The summed E-state index contributed by atoms with van der Waals surface area (Å²) in [5.41, 5.74) is 5.09. The topological polar surface area (TPSA) is 70.9 Å². The number of phenols is 1. The number of carbonyl (C=O) groups is 1. The van der Waals surface area contributed by atoms with Crippen LogP contribution in [0.25, 0.3) is 0 Å². The number of methoxy groups -OCH3 is 1. The van der Waals surface area contributed by atoms with Gasteiger partial charge in [-0.05, 0) is 34.9 Å². The molecule has 0 saturated carbocycles. The standard InChI is InChI=1S/C22H20N2O3/c1-27-20-14-16(12-13-19(20)25)15-23-24-22(26)21(17-8-4-2-5-9-17)18-10-6-3-7-11-18/h2-15,21,25H,1H3,(H,24,26)/b23-15+. The van der Waals surface area contributed by atoms with Crippen molar-refractivity contribution in [2.24, 2.45) is 5.10 Å². The summed E-state index contributed by atoms with van der Waals surface area (Å²) >= 11 is 0. The zero-order chi connectivity index (χ0) is 19.1. The van der Waals surface area contributed by atoms with Crippen molar-refractivity contribution in [2.45, 2.75) is 5.92 Å². The van der Waals surface area contributed by atoms with Crippen LogP contribution in [0.5, 0.6) is 11.5 Å². The lowest BCUT2D eigenvalue weighted by Gasteiger charge is -2.16. The largest absolute Gasteiger partial charge is 0.504 e. The molecule has 1 amide bonds.